The zero-order chi connectivity index (χ0) is 13.7. The molecule has 0 heterocycles. The van der Waals surface area contributed by atoms with Gasteiger partial charge in [0.25, 0.3) is 0 Å². The third-order valence-electron chi connectivity index (χ3n) is 2.91. The molecule has 0 aliphatic rings. The monoisotopic (exact) mass is 258 g/mol. The number of hydrogen-bond acceptors (Lipinski definition) is 2. The molecule has 0 aliphatic heterocycles. The molecule has 2 aromatic rings. The normalized spacial score (nSPS) is 11.9. The number of halogens is 1. The van der Waals surface area contributed by atoms with E-state index in [1.165, 1.54) is 12.1 Å². The van der Waals surface area contributed by atoms with Crippen molar-refractivity contribution in [3.8, 4) is 0 Å². The fourth-order valence-corrected chi connectivity index (χ4v) is 1.75. The zero-order valence-corrected chi connectivity index (χ0v) is 10.7. The van der Waals surface area contributed by atoms with Crippen LogP contribution in [0.1, 0.15) is 28.8 Å². The molecule has 0 spiro atoms. The lowest BCUT2D eigenvalue weighted by Crippen LogP contribution is -2.11. The lowest BCUT2D eigenvalue weighted by atomic mass is 10.0. The molecule has 1 atom stereocenters. The van der Waals surface area contributed by atoms with Gasteiger partial charge < -0.3 is 4.74 Å². The van der Waals surface area contributed by atoms with Crippen LogP contribution in [0.5, 0.6) is 0 Å². The Labute approximate surface area is 111 Å². The van der Waals surface area contributed by atoms with Gasteiger partial charge in [-0.05, 0) is 29.8 Å². The van der Waals surface area contributed by atoms with Crippen molar-refractivity contribution >= 4 is 5.97 Å². The molecule has 2 aromatic carbocycles. The molecule has 0 N–H and O–H groups in total. The standard InChI is InChI=1S/C16H15FO2/c1-12(13-7-9-15(17)10-8-13)11-19-16(18)14-5-3-2-4-6-14/h2-10,12H,11H2,1H3. The van der Waals surface area contributed by atoms with Crippen LogP contribution >= 0.6 is 0 Å². The molecule has 2 rings (SSSR count). The minimum Gasteiger partial charge on any atom is -0.461 e. The largest absolute Gasteiger partial charge is 0.461 e. The molecule has 0 aromatic heterocycles. The summed E-state index contributed by atoms with van der Waals surface area (Å²) >= 11 is 0. The van der Waals surface area contributed by atoms with Crippen LogP contribution in [0.15, 0.2) is 54.6 Å². The van der Waals surface area contributed by atoms with Crippen LogP contribution in [-0.4, -0.2) is 12.6 Å². The first-order valence-electron chi connectivity index (χ1n) is 6.14. The molecule has 98 valence electrons. The lowest BCUT2D eigenvalue weighted by molar-refractivity contribution is 0.0485. The Kier molecular flexibility index (Phi) is 4.29. The Morgan fingerprint density at radius 3 is 2.37 bits per heavy atom. The number of carbonyl (C=O) groups is 1. The second-order valence-corrected chi connectivity index (χ2v) is 4.42. The van der Waals surface area contributed by atoms with E-state index < -0.39 is 0 Å². The topological polar surface area (TPSA) is 26.3 Å². The number of rotatable bonds is 4. The van der Waals surface area contributed by atoms with Crippen LogP contribution in [0, 0.1) is 5.82 Å². The number of esters is 1. The average Bonchev–Trinajstić information content (AvgIpc) is 2.46. The third-order valence-corrected chi connectivity index (χ3v) is 2.91. The summed E-state index contributed by atoms with van der Waals surface area (Å²) in [6.45, 7) is 2.21. The summed E-state index contributed by atoms with van der Waals surface area (Å²) in [5, 5.41) is 0. The van der Waals surface area contributed by atoms with Crippen molar-refractivity contribution in [3.05, 3.63) is 71.5 Å². The molecular weight excluding hydrogens is 243 g/mol. The Hall–Kier alpha value is -2.16. The van der Waals surface area contributed by atoms with E-state index in [0.717, 1.165) is 5.56 Å². The van der Waals surface area contributed by atoms with E-state index in [-0.39, 0.29) is 24.3 Å². The van der Waals surface area contributed by atoms with Crippen molar-refractivity contribution in [2.24, 2.45) is 0 Å². The number of benzene rings is 2. The summed E-state index contributed by atoms with van der Waals surface area (Å²) in [4.78, 5) is 11.8. The van der Waals surface area contributed by atoms with Gasteiger partial charge in [0.1, 0.15) is 5.82 Å². The molecule has 0 saturated heterocycles. The van der Waals surface area contributed by atoms with Crippen molar-refractivity contribution < 1.29 is 13.9 Å². The summed E-state index contributed by atoms with van der Waals surface area (Å²) in [7, 11) is 0. The Morgan fingerprint density at radius 2 is 1.74 bits per heavy atom. The van der Waals surface area contributed by atoms with E-state index in [2.05, 4.69) is 0 Å². The minimum atomic E-state index is -0.338. The molecule has 0 fully saturated rings. The summed E-state index contributed by atoms with van der Waals surface area (Å²) in [6, 6.07) is 15.1. The Balaban J connectivity index is 1.92. The highest BCUT2D eigenvalue weighted by molar-refractivity contribution is 5.89. The molecule has 2 nitrogen and oxygen atoms in total. The van der Waals surface area contributed by atoms with Gasteiger partial charge in [0.05, 0.1) is 12.2 Å². The van der Waals surface area contributed by atoms with Gasteiger partial charge >= 0.3 is 5.97 Å². The highest BCUT2D eigenvalue weighted by Gasteiger charge is 2.11. The maximum atomic E-state index is 12.8. The molecule has 3 heteroatoms. The van der Waals surface area contributed by atoms with Gasteiger partial charge in [-0.25, -0.2) is 9.18 Å². The maximum Gasteiger partial charge on any atom is 0.338 e. The predicted octanol–water partition coefficient (Wildman–Crippen LogP) is 3.79. The van der Waals surface area contributed by atoms with Crippen molar-refractivity contribution in [1.29, 1.82) is 0 Å². The highest BCUT2D eigenvalue weighted by Crippen LogP contribution is 2.16. The highest BCUT2D eigenvalue weighted by atomic mass is 19.1. The fraction of sp³-hybridized carbons (Fsp3) is 0.188. The van der Waals surface area contributed by atoms with Crippen molar-refractivity contribution in [3.63, 3.8) is 0 Å². The maximum absolute atomic E-state index is 12.8. The van der Waals surface area contributed by atoms with E-state index in [4.69, 9.17) is 4.74 Å². The van der Waals surface area contributed by atoms with Gasteiger partial charge in [0, 0.05) is 5.92 Å². The second kappa shape index (κ2) is 6.14. The molecule has 19 heavy (non-hydrogen) atoms. The van der Waals surface area contributed by atoms with Crippen molar-refractivity contribution in [2.75, 3.05) is 6.61 Å². The molecule has 0 aliphatic carbocycles. The van der Waals surface area contributed by atoms with E-state index in [9.17, 15) is 9.18 Å². The van der Waals surface area contributed by atoms with Gasteiger partial charge in [0.15, 0.2) is 0 Å². The zero-order valence-electron chi connectivity index (χ0n) is 10.7. The first kappa shape index (κ1) is 13.3. The summed E-state index contributed by atoms with van der Waals surface area (Å²) in [5.74, 6) is -0.569. The van der Waals surface area contributed by atoms with Crippen LogP contribution in [0.2, 0.25) is 0 Å². The fourth-order valence-electron chi connectivity index (χ4n) is 1.75. The number of carbonyl (C=O) groups excluding carboxylic acids is 1. The van der Waals surface area contributed by atoms with Gasteiger partial charge in [-0.15, -0.1) is 0 Å². The first-order chi connectivity index (χ1) is 9.16. The second-order valence-electron chi connectivity index (χ2n) is 4.42. The third kappa shape index (κ3) is 3.65. The predicted molar refractivity (Wildman–Crippen MR) is 71.5 cm³/mol. The summed E-state index contributed by atoms with van der Waals surface area (Å²) in [6.07, 6.45) is 0. The van der Waals surface area contributed by atoms with E-state index >= 15 is 0 Å². The summed E-state index contributed by atoms with van der Waals surface area (Å²) < 4.78 is 18.0. The lowest BCUT2D eigenvalue weighted by Gasteiger charge is -2.12. The average molecular weight is 258 g/mol. The van der Waals surface area contributed by atoms with Crippen LogP contribution in [0.25, 0.3) is 0 Å². The van der Waals surface area contributed by atoms with Crippen LogP contribution in [0.3, 0.4) is 0 Å². The first-order valence-corrected chi connectivity index (χ1v) is 6.14. The molecule has 0 radical (unpaired) electrons. The van der Waals surface area contributed by atoms with Gasteiger partial charge in [-0.1, -0.05) is 37.3 Å². The SMILES string of the molecule is CC(COC(=O)c1ccccc1)c1ccc(F)cc1. The molecular formula is C16H15FO2. The van der Waals surface area contributed by atoms with Gasteiger partial charge in [0.2, 0.25) is 0 Å². The Bertz CT molecular complexity index is 534. The van der Waals surface area contributed by atoms with E-state index in [1.54, 1.807) is 36.4 Å². The van der Waals surface area contributed by atoms with Gasteiger partial charge in [-0.2, -0.15) is 0 Å². The quantitative estimate of drug-likeness (QED) is 0.780. The molecule has 0 saturated carbocycles. The van der Waals surface area contributed by atoms with Crippen LogP contribution < -0.4 is 0 Å². The van der Waals surface area contributed by atoms with Gasteiger partial charge in [-0.3, -0.25) is 0 Å². The molecule has 1 unspecified atom stereocenters. The van der Waals surface area contributed by atoms with Crippen molar-refractivity contribution in [2.45, 2.75) is 12.8 Å². The Morgan fingerprint density at radius 1 is 1.11 bits per heavy atom. The smallest absolute Gasteiger partial charge is 0.338 e. The van der Waals surface area contributed by atoms with Crippen LogP contribution in [0.4, 0.5) is 4.39 Å². The van der Waals surface area contributed by atoms with Crippen molar-refractivity contribution in [1.82, 2.24) is 0 Å². The molecule has 0 amide bonds. The minimum absolute atomic E-state index is 0.0354. The summed E-state index contributed by atoms with van der Waals surface area (Å²) in [5.41, 5.74) is 1.48. The van der Waals surface area contributed by atoms with E-state index in [1.807, 2.05) is 13.0 Å². The molecule has 0 bridgehead atoms. The van der Waals surface area contributed by atoms with E-state index in [0.29, 0.717) is 5.56 Å². The van der Waals surface area contributed by atoms with Crippen LogP contribution in [-0.2, 0) is 4.74 Å². The number of ether oxygens (including phenoxy) is 1. The number of hydrogen-bond donors (Lipinski definition) is 0.